The van der Waals surface area contributed by atoms with Gasteiger partial charge in [0.05, 0.1) is 5.25 Å². The monoisotopic (exact) mass is 415 g/mol. The van der Waals surface area contributed by atoms with E-state index in [4.69, 9.17) is 16.0 Å². The maximum absolute atomic E-state index is 12.5. The van der Waals surface area contributed by atoms with Crippen molar-refractivity contribution >= 4 is 29.3 Å². The minimum Gasteiger partial charge on any atom is -0.411 e. The van der Waals surface area contributed by atoms with E-state index >= 15 is 0 Å². The molecule has 2 aromatic carbocycles. The van der Waals surface area contributed by atoms with Gasteiger partial charge in [0.25, 0.3) is 5.22 Å². The van der Waals surface area contributed by atoms with Crippen molar-refractivity contribution in [2.75, 3.05) is 6.54 Å². The number of rotatable bonds is 8. The number of nitrogens with zero attached hydrogens (tertiary/aromatic N) is 2. The SMILES string of the molecule is CC[C@H](CNC(=O)[C@H](C)Sc1nnc(-c2cccc(Cl)c2)o1)c1ccccc1. The molecule has 2 atom stereocenters. The molecule has 0 aliphatic rings. The molecule has 0 radical (unpaired) electrons. The zero-order valence-electron chi connectivity index (χ0n) is 15.8. The van der Waals surface area contributed by atoms with Gasteiger partial charge in [0, 0.05) is 23.0 Å². The highest BCUT2D eigenvalue weighted by Crippen LogP contribution is 2.27. The maximum atomic E-state index is 12.5. The molecule has 0 aliphatic heterocycles. The molecular weight excluding hydrogens is 394 g/mol. The molecule has 0 saturated heterocycles. The van der Waals surface area contributed by atoms with Crippen LogP contribution in [0.25, 0.3) is 11.5 Å². The summed E-state index contributed by atoms with van der Waals surface area (Å²) in [6, 6.07) is 17.4. The van der Waals surface area contributed by atoms with E-state index in [-0.39, 0.29) is 11.2 Å². The van der Waals surface area contributed by atoms with Crippen LogP contribution in [0.3, 0.4) is 0 Å². The minimum atomic E-state index is -0.346. The van der Waals surface area contributed by atoms with Gasteiger partial charge in [-0.3, -0.25) is 4.79 Å². The van der Waals surface area contributed by atoms with Crippen molar-refractivity contribution in [2.24, 2.45) is 0 Å². The van der Waals surface area contributed by atoms with Gasteiger partial charge in [-0.15, -0.1) is 10.2 Å². The second-order valence-electron chi connectivity index (χ2n) is 6.40. The molecule has 0 spiro atoms. The molecule has 28 heavy (non-hydrogen) atoms. The number of amides is 1. The van der Waals surface area contributed by atoms with Crippen LogP contribution in [-0.4, -0.2) is 27.9 Å². The van der Waals surface area contributed by atoms with Gasteiger partial charge < -0.3 is 9.73 Å². The normalized spacial score (nSPS) is 13.1. The lowest BCUT2D eigenvalue weighted by molar-refractivity contribution is -0.120. The van der Waals surface area contributed by atoms with Crippen molar-refractivity contribution in [3.05, 3.63) is 65.2 Å². The van der Waals surface area contributed by atoms with Gasteiger partial charge in [-0.1, -0.05) is 66.7 Å². The smallest absolute Gasteiger partial charge is 0.277 e. The molecule has 5 nitrogen and oxygen atoms in total. The number of carbonyl (C=O) groups is 1. The summed E-state index contributed by atoms with van der Waals surface area (Å²) in [6.45, 7) is 4.55. The predicted octanol–water partition coefficient (Wildman–Crippen LogP) is 5.18. The third-order valence-electron chi connectivity index (χ3n) is 4.41. The number of benzene rings is 2. The van der Waals surface area contributed by atoms with Gasteiger partial charge in [-0.25, -0.2) is 0 Å². The Labute approximate surface area is 173 Å². The molecule has 0 saturated carbocycles. The third-order valence-corrected chi connectivity index (χ3v) is 5.58. The minimum absolute atomic E-state index is 0.0538. The van der Waals surface area contributed by atoms with E-state index in [0.717, 1.165) is 12.0 Å². The molecule has 146 valence electrons. The van der Waals surface area contributed by atoms with Gasteiger partial charge in [0.2, 0.25) is 11.8 Å². The first-order chi connectivity index (χ1) is 13.6. The Kier molecular flexibility index (Phi) is 7.12. The van der Waals surface area contributed by atoms with Crippen LogP contribution in [0.2, 0.25) is 5.02 Å². The largest absolute Gasteiger partial charge is 0.411 e. The molecule has 1 amide bonds. The van der Waals surface area contributed by atoms with Crippen LogP contribution in [0, 0.1) is 0 Å². The molecule has 3 aromatic rings. The molecule has 1 aromatic heterocycles. The highest BCUT2D eigenvalue weighted by Gasteiger charge is 2.20. The third kappa shape index (κ3) is 5.36. The van der Waals surface area contributed by atoms with Gasteiger partial charge in [0.15, 0.2) is 0 Å². The van der Waals surface area contributed by atoms with Gasteiger partial charge in [0.1, 0.15) is 0 Å². The van der Waals surface area contributed by atoms with E-state index in [0.29, 0.717) is 28.6 Å². The van der Waals surface area contributed by atoms with Gasteiger partial charge in [-0.05, 0) is 37.1 Å². The fourth-order valence-electron chi connectivity index (χ4n) is 2.79. The summed E-state index contributed by atoms with van der Waals surface area (Å²) in [5.41, 5.74) is 1.98. The van der Waals surface area contributed by atoms with Gasteiger partial charge in [-0.2, -0.15) is 0 Å². The van der Waals surface area contributed by atoms with Gasteiger partial charge >= 0.3 is 0 Å². The molecule has 1 N–H and O–H groups in total. The highest BCUT2D eigenvalue weighted by molar-refractivity contribution is 8.00. The first-order valence-corrected chi connectivity index (χ1v) is 10.4. The molecule has 0 aliphatic carbocycles. The molecule has 7 heteroatoms. The second-order valence-corrected chi connectivity index (χ2v) is 8.13. The van der Waals surface area contributed by atoms with Crippen molar-refractivity contribution in [2.45, 2.75) is 36.7 Å². The first-order valence-electron chi connectivity index (χ1n) is 9.15. The van der Waals surface area contributed by atoms with E-state index in [9.17, 15) is 4.79 Å². The Bertz CT molecular complexity index is 917. The van der Waals surface area contributed by atoms with Crippen LogP contribution in [0.15, 0.2) is 64.2 Å². The van der Waals surface area contributed by atoms with Crippen LogP contribution in [0.1, 0.15) is 31.7 Å². The lowest BCUT2D eigenvalue weighted by atomic mass is 9.96. The summed E-state index contributed by atoms with van der Waals surface area (Å²) in [5.74, 6) is 0.620. The van der Waals surface area contributed by atoms with Crippen LogP contribution >= 0.6 is 23.4 Å². The van der Waals surface area contributed by atoms with E-state index in [1.54, 1.807) is 12.1 Å². The average Bonchev–Trinajstić information content (AvgIpc) is 3.17. The average molecular weight is 416 g/mol. The number of halogens is 1. The summed E-state index contributed by atoms with van der Waals surface area (Å²) in [5, 5.41) is 11.7. The van der Waals surface area contributed by atoms with Crippen molar-refractivity contribution in [1.29, 1.82) is 0 Å². The van der Waals surface area contributed by atoms with Crippen LogP contribution < -0.4 is 5.32 Å². The topological polar surface area (TPSA) is 68.0 Å². The summed E-state index contributed by atoms with van der Waals surface area (Å²) in [6.07, 6.45) is 0.957. The van der Waals surface area contributed by atoms with Crippen molar-refractivity contribution < 1.29 is 9.21 Å². The van der Waals surface area contributed by atoms with Crippen molar-refractivity contribution in [3.63, 3.8) is 0 Å². The number of aromatic nitrogens is 2. The fraction of sp³-hybridized carbons (Fsp3) is 0.286. The van der Waals surface area contributed by atoms with E-state index in [2.05, 4.69) is 34.6 Å². The van der Waals surface area contributed by atoms with E-state index in [1.165, 1.54) is 17.3 Å². The lowest BCUT2D eigenvalue weighted by Crippen LogP contribution is -2.34. The molecule has 3 rings (SSSR count). The van der Waals surface area contributed by atoms with Crippen LogP contribution in [0.5, 0.6) is 0 Å². The van der Waals surface area contributed by atoms with E-state index in [1.807, 2.05) is 37.3 Å². The van der Waals surface area contributed by atoms with Crippen molar-refractivity contribution in [3.8, 4) is 11.5 Å². The lowest BCUT2D eigenvalue weighted by Gasteiger charge is -2.17. The Morgan fingerprint density at radius 3 is 2.68 bits per heavy atom. The number of hydrogen-bond acceptors (Lipinski definition) is 5. The highest BCUT2D eigenvalue weighted by atomic mass is 35.5. The molecule has 0 fully saturated rings. The van der Waals surface area contributed by atoms with Crippen LogP contribution in [0.4, 0.5) is 0 Å². The molecule has 1 heterocycles. The Balaban J connectivity index is 1.56. The molecule has 0 unspecified atom stereocenters. The zero-order valence-corrected chi connectivity index (χ0v) is 17.3. The zero-order chi connectivity index (χ0) is 19.9. The van der Waals surface area contributed by atoms with Crippen LogP contribution in [-0.2, 0) is 4.79 Å². The fourth-order valence-corrected chi connectivity index (χ4v) is 3.69. The maximum Gasteiger partial charge on any atom is 0.277 e. The molecular formula is C21H22ClN3O2S. The summed E-state index contributed by atoms with van der Waals surface area (Å²) < 4.78 is 5.66. The van der Waals surface area contributed by atoms with Crippen molar-refractivity contribution in [1.82, 2.24) is 15.5 Å². The Morgan fingerprint density at radius 2 is 1.96 bits per heavy atom. The summed E-state index contributed by atoms with van der Waals surface area (Å²) >= 11 is 7.24. The quantitative estimate of drug-likeness (QED) is 0.513. The summed E-state index contributed by atoms with van der Waals surface area (Å²) in [4.78, 5) is 12.5. The first kappa shape index (κ1) is 20.4. The predicted molar refractivity (Wildman–Crippen MR) is 113 cm³/mol. The number of nitrogens with one attached hydrogen (secondary N) is 1. The Hall–Kier alpha value is -2.31. The van der Waals surface area contributed by atoms with E-state index < -0.39 is 0 Å². The standard InChI is InChI=1S/C21H22ClN3O2S/c1-3-15(16-8-5-4-6-9-16)13-23-19(26)14(2)28-21-25-24-20(27-21)17-10-7-11-18(22)12-17/h4-12,14-15H,3,13H2,1-2H3,(H,23,26)/t14-,15+/m0/s1. The Morgan fingerprint density at radius 1 is 1.18 bits per heavy atom. The second kappa shape index (κ2) is 9.75. The molecule has 0 bridgehead atoms. The number of thioether (sulfide) groups is 1. The summed E-state index contributed by atoms with van der Waals surface area (Å²) in [7, 11) is 0. The number of carbonyl (C=O) groups excluding carboxylic acids is 1. The number of hydrogen-bond donors (Lipinski definition) is 1.